The molecule has 0 amide bonds. The zero-order valence-corrected chi connectivity index (χ0v) is 17.6. The summed E-state index contributed by atoms with van der Waals surface area (Å²) in [6.45, 7) is 20.8. The molecule has 0 aromatic heterocycles. The van der Waals surface area contributed by atoms with Crippen LogP contribution >= 0.6 is 0 Å². The average Bonchev–Trinajstić information content (AvgIpc) is 2.62. The van der Waals surface area contributed by atoms with Crippen LogP contribution in [0.4, 0.5) is 0 Å². The Labute approximate surface area is 143 Å². The summed E-state index contributed by atoms with van der Waals surface area (Å²) in [4.78, 5) is 0. The van der Waals surface area contributed by atoms with E-state index in [4.69, 9.17) is 0 Å². The number of benzene rings is 1. The summed E-state index contributed by atoms with van der Waals surface area (Å²) >= 11 is 0. The Morgan fingerprint density at radius 2 is 0.955 bits per heavy atom. The fourth-order valence-corrected chi connectivity index (χ4v) is 1.50. The molecule has 0 aliphatic heterocycles. The lowest BCUT2D eigenvalue weighted by Crippen LogP contribution is -1.77. The number of rotatable bonds is 5. The van der Waals surface area contributed by atoms with Crippen LogP contribution in [0.25, 0.3) is 0 Å². The van der Waals surface area contributed by atoms with Gasteiger partial charge in [0.05, 0.1) is 0 Å². The van der Waals surface area contributed by atoms with Crippen molar-refractivity contribution in [1.29, 1.82) is 0 Å². The van der Waals surface area contributed by atoms with Crippen molar-refractivity contribution in [2.24, 2.45) is 0 Å². The van der Waals surface area contributed by atoms with Gasteiger partial charge in [-0.2, -0.15) is 0 Å². The maximum atomic E-state index is 2.25. The van der Waals surface area contributed by atoms with Crippen molar-refractivity contribution < 1.29 is 0 Å². The third-order valence-electron chi connectivity index (χ3n) is 2.74. The van der Waals surface area contributed by atoms with Gasteiger partial charge in [0.1, 0.15) is 0 Å². The molecule has 0 atom stereocenters. The van der Waals surface area contributed by atoms with E-state index in [9.17, 15) is 0 Å². The Hall–Kier alpha value is -0.780. The van der Waals surface area contributed by atoms with Crippen LogP contribution in [-0.2, 0) is 6.42 Å². The standard InChI is InChI=1S/C9H12.C7H16.3C2H6/c1-3-9-6-4-8(2)5-7-9;1-3-5-7-6-4-2;3*1-2/h4-7H,3H2,1-2H3;3-7H2,1-2H3;3*1-2H3. The summed E-state index contributed by atoms with van der Waals surface area (Å²) in [7, 11) is 0. The normalized spacial score (nSPS) is 7.73. The molecular formula is C22H46. The van der Waals surface area contributed by atoms with Crippen LogP contribution in [0.3, 0.4) is 0 Å². The van der Waals surface area contributed by atoms with Crippen LogP contribution in [0.1, 0.15) is 106 Å². The van der Waals surface area contributed by atoms with Gasteiger partial charge in [-0.1, -0.05) is 124 Å². The summed E-state index contributed by atoms with van der Waals surface area (Å²) in [5.74, 6) is 0. The highest BCUT2D eigenvalue weighted by Crippen LogP contribution is 2.02. The lowest BCUT2D eigenvalue weighted by atomic mass is 10.1. The van der Waals surface area contributed by atoms with Gasteiger partial charge in [0.2, 0.25) is 0 Å². The Kier molecular flexibility index (Phi) is 42.9. The third kappa shape index (κ3) is 27.5. The van der Waals surface area contributed by atoms with E-state index in [0.717, 1.165) is 6.42 Å². The maximum Gasteiger partial charge on any atom is -0.0307 e. The molecule has 1 aromatic carbocycles. The first-order valence-electron chi connectivity index (χ1n) is 9.80. The smallest absolute Gasteiger partial charge is 0.0307 e. The first-order chi connectivity index (χ1) is 10.7. The van der Waals surface area contributed by atoms with E-state index in [0.29, 0.717) is 0 Å². The predicted octanol–water partition coefficient (Wildman–Crippen LogP) is 8.61. The molecule has 0 heteroatoms. The third-order valence-corrected chi connectivity index (χ3v) is 2.74. The Bertz CT molecular complexity index is 229. The largest absolute Gasteiger partial charge is 0.0683 e. The SMILES string of the molecule is CC.CC.CC.CCCCCCC.CCc1ccc(C)cc1. The molecular weight excluding hydrogens is 264 g/mol. The van der Waals surface area contributed by atoms with Crippen LogP contribution in [0.15, 0.2) is 24.3 Å². The molecule has 1 aromatic rings. The molecule has 0 bridgehead atoms. The van der Waals surface area contributed by atoms with Crippen LogP contribution in [0.2, 0.25) is 0 Å². The van der Waals surface area contributed by atoms with Crippen molar-refractivity contribution in [2.45, 2.75) is 108 Å². The molecule has 1 rings (SSSR count). The zero-order chi connectivity index (χ0) is 18.2. The first kappa shape index (κ1) is 29.3. The van der Waals surface area contributed by atoms with Crippen molar-refractivity contribution >= 4 is 0 Å². The van der Waals surface area contributed by atoms with Crippen molar-refractivity contribution in [3.05, 3.63) is 35.4 Å². The monoisotopic (exact) mass is 310 g/mol. The van der Waals surface area contributed by atoms with Gasteiger partial charge in [-0.05, 0) is 18.9 Å². The van der Waals surface area contributed by atoms with E-state index < -0.39 is 0 Å². The first-order valence-corrected chi connectivity index (χ1v) is 9.80. The maximum absolute atomic E-state index is 2.25. The van der Waals surface area contributed by atoms with Crippen LogP contribution < -0.4 is 0 Å². The highest BCUT2D eigenvalue weighted by Gasteiger charge is 1.84. The van der Waals surface area contributed by atoms with E-state index in [-0.39, 0.29) is 0 Å². The molecule has 0 unspecified atom stereocenters. The fourth-order valence-electron chi connectivity index (χ4n) is 1.50. The summed E-state index contributed by atoms with van der Waals surface area (Å²) in [5.41, 5.74) is 2.76. The molecule has 0 heterocycles. The molecule has 0 spiro atoms. The van der Waals surface area contributed by atoms with Gasteiger partial charge < -0.3 is 0 Å². The van der Waals surface area contributed by atoms with Crippen molar-refractivity contribution in [1.82, 2.24) is 0 Å². The minimum atomic E-state index is 1.14. The van der Waals surface area contributed by atoms with Gasteiger partial charge in [-0.25, -0.2) is 0 Å². The van der Waals surface area contributed by atoms with Crippen LogP contribution in [0, 0.1) is 6.92 Å². The van der Waals surface area contributed by atoms with Gasteiger partial charge in [0.25, 0.3) is 0 Å². The van der Waals surface area contributed by atoms with E-state index in [1.54, 1.807) is 0 Å². The molecule has 0 saturated heterocycles. The average molecular weight is 311 g/mol. The lowest BCUT2D eigenvalue weighted by Gasteiger charge is -1.94. The second kappa shape index (κ2) is 32.2. The predicted molar refractivity (Wildman–Crippen MR) is 109 cm³/mol. The molecule has 0 fully saturated rings. The van der Waals surface area contributed by atoms with Gasteiger partial charge in [0, 0.05) is 0 Å². The molecule has 134 valence electrons. The minimum Gasteiger partial charge on any atom is -0.0683 e. The molecule has 0 aliphatic carbocycles. The number of aryl methyl sites for hydroxylation is 2. The van der Waals surface area contributed by atoms with E-state index in [1.807, 2.05) is 41.5 Å². The minimum absolute atomic E-state index is 1.14. The Balaban J connectivity index is -0.000000112. The van der Waals surface area contributed by atoms with Gasteiger partial charge in [-0.3, -0.25) is 0 Å². The highest BCUT2D eigenvalue weighted by atomic mass is 13.9. The van der Waals surface area contributed by atoms with Gasteiger partial charge in [0.15, 0.2) is 0 Å². The van der Waals surface area contributed by atoms with E-state index in [1.165, 1.54) is 43.2 Å². The number of hydrogen-bond donors (Lipinski definition) is 0. The van der Waals surface area contributed by atoms with Crippen molar-refractivity contribution in [3.63, 3.8) is 0 Å². The topological polar surface area (TPSA) is 0 Å². The fraction of sp³-hybridized carbons (Fsp3) is 0.727. The molecule has 0 N–H and O–H groups in total. The summed E-state index contributed by atoms with van der Waals surface area (Å²) < 4.78 is 0. The Morgan fingerprint density at radius 3 is 1.23 bits per heavy atom. The summed E-state index contributed by atoms with van der Waals surface area (Å²) in [6, 6.07) is 8.66. The molecule has 0 radical (unpaired) electrons. The Morgan fingerprint density at radius 1 is 0.591 bits per heavy atom. The summed E-state index contributed by atoms with van der Waals surface area (Å²) in [5, 5.41) is 0. The summed E-state index contributed by atoms with van der Waals surface area (Å²) in [6.07, 6.45) is 8.15. The van der Waals surface area contributed by atoms with E-state index >= 15 is 0 Å². The second-order valence-electron chi connectivity index (χ2n) is 4.40. The quantitative estimate of drug-likeness (QED) is 0.477. The van der Waals surface area contributed by atoms with Crippen molar-refractivity contribution in [2.75, 3.05) is 0 Å². The number of hydrogen-bond acceptors (Lipinski definition) is 0. The molecule has 0 nitrogen and oxygen atoms in total. The zero-order valence-electron chi connectivity index (χ0n) is 17.6. The van der Waals surface area contributed by atoms with Crippen LogP contribution in [-0.4, -0.2) is 0 Å². The highest BCUT2D eigenvalue weighted by molar-refractivity contribution is 5.20. The second-order valence-corrected chi connectivity index (χ2v) is 4.40. The molecule has 0 aliphatic rings. The van der Waals surface area contributed by atoms with E-state index in [2.05, 4.69) is 52.0 Å². The number of unbranched alkanes of at least 4 members (excludes halogenated alkanes) is 4. The van der Waals surface area contributed by atoms with Crippen LogP contribution in [0.5, 0.6) is 0 Å². The lowest BCUT2D eigenvalue weighted by molar-refractivity contribution is 0.656. The van der Waals surface area contributed by atoms with Gasteiger partial charge in [-0.15, -0.1) is 0 Å². The molecule has 0 saturated carbocycles. The van der Waals surface area contributed by atoms with Gasteiger partial charge >= 0.3 is 0 Å². The molecule has 22 heavy (non-hydrogen) atoms. The van der Waals surface area contributed by atoms with Crippen molar-refractivity contribution in [3.8, 4) is 0 Å².